The second kappa shape index (κ2) is 5.20. The van der Waals surface area contributed by atoms with Gasteiger partial charge in [0.2, 0.25) is 10.0 Å². The molecule has 1 fully saturated rings. The van der Waals surface area contributed by atoms with Crippen molar-refractivity contribution in [2.45, 2.75) is 18.1 Å². The maximum Gasteiger partial charge on any atom is 0.236 e. The summed E-state index contributed by atoms with van der Waals surface area (Å²) in [5.74, 6) is 0.254. The Morgan fingerprint density at radius 3 is 2.76 bits per heavy atom. The van der Waals surface area contributed by atoms with E-state index in [2.05, 4.69) is 9.71 Å². The number of aromatic nitrogens is 1. The number of anilines is 1. The Bertz CT molecular complexity index is 486. The van der Waals surface area contributed by atoms with E-state index in [1.54, 1.807) is 6.07 Å². The average molecular weight is 277 g/mol. The van der Waals surface area contributed by atoms with Gasteiger partial charge in [0, 0.05) is 30.5 Å². The predicted molar refractivity (Wildman–Crippen MR) is 65.6 cm³/mol. The maximum atomic E-state index is 12.0. The van der Waals surface area contributed by atoms with Crippen molar-refractivity contribution < 1.29 is 13.2 Å². The summed E-state index contributed by atoms with van der Waals surface area (Å²) >= 11 is 5.76. The molecule has 17 heavy (non-hydrogen) atoms. The summed E-state index contributed by atoms with van der Waals surface area (Å²) in [4.78, 5) is 3.91. The Hall–Kier alpha value is -0.850. The Morgan fingerprint density at radius 2 is 2.12 bits per heavy atom. The molecule has 0 amide bonds. The minimum absolute atomic E-state index is 0.254. The molecule has 1 aliphatic heterocycles. The van der Waals surface area contributed by atoms with Gasteiger partial charge in [-0.3, -0.25) is 4.72 Å². The average Bonchev–Trinajstić information content (AvgIpc) is 2.29. The number of nitrogens with one attached hydrogen (secondary N) is 1. The Labute approximate surface area is 105 Å². The van der Waals surface area contributed by atoms with Crippen LogP contribution in [0.15, 0.2) is 18.3 Å². The molecule has 1 aliphatic rings. The second-order valence-corrected chi connectivity index (χ2v) is 6.22. The normalized spacial score (nSPS) is 17.9. The molecule has 1 N–H and O–H groups in total. The van der Waals surface area contributed by atoms with Crippen molar-refractivity contribution in [3.8, 4) is 0 Å². The quantitative estimate of drug-likeness (QED) is 0.912. The second-order valence-electron chi connectivity index (χ2n) is 3.82. The van der Waals surface area contributed by atoms with Crippen molar-refractivity contribution >= 4 is 27.4 Å². The summed E-state index contributed by atoms with van der Waals surface area (Å²) in [5.41, 5.74) is 0. The van der Waals surface area contributed by atoms with Gasteiger partial charge in [-0.2, -0.15) is 0 Å². The number of hydrogen-bond donors (Lipinski definition) is 1. The Morgan fingerprint density at radius 1 is 1.41 bits per heavy atom. The molecule has 0 bridgehead atoms. The lowest BCUT2D eigenvalue weighted by atomic mass is 10.2. The number of hydrogen-bond acceptors (Lipinski definition) is 4. The molecule has 1 aromatic heterocycles. The van der Waals surface area contributed by atoms with Crippen LogP contribution in [0.25, 0.3) is 0 Å². The van der Waals surface area contributed by atoms with Crippen LogP contribution in [0.3, 0.4) is 0 Å². The van der Waals surface area contributed by atoms with Gasteiger partial charge in [-0.15, -0.1) is 0 Å². The van der Waals surface area contributed by atoms with E-state index >= 15 is 0 Å². The van der Waals surface area contributed by atoms with E-state index in [-0.39, 0.29) is 5.82 Å². The third-order valence-corrected chi connectivity index (χ3v) is 4.65. The first-order valence-electron chi connectivity index (χ1n) is 5.29. The van der Waals surface area contributed by atoms with Crippen molar-refractivity contribution in [3.05, 3.63) is 23.4 Å². The number of pyridine rings is 1. The lowest BCUT2D eigenvalue weighted by Gasteiger charge is -2.22. The minimum Gasteiger partial charge on any atom is -0.381 e. The largest absolute Gasteiger partial charge is 0.381 e. The van der Waals surface area contributed by atoms with E-state index in [4.69, 9.17) is 16.3 Å². The van der Waals surface area contributed by atoms with Crippen LogP contribution < -0.4 is 4.72 Å². The fraction of sp³-hybridized carbons (Fsp3) is 0.500. The summed E-state index contributed by atoms with van der Waals surface area (Å²) in [7, 11) is -3.40. The zero-order valence-corrected chi connectivity index (χ0v) is 10.7. The predicted octanol–water partition coefficient (Wildman–Crippen LogP) is 1.66. The molecule has 94 valence electrons. The molecule has 1 saturated heterocycles. The summed E-state index contributed by atoms with van der Waals surface area (Å²) in [6.07, 6.45) is 2.48. The van der Waals surface area contributed by atoms with Gasteiger partial charge in [-0.1, -0.05) is 11.6 Å². The maximum absolute atomic E-state index is 12.0. The summed E-state index contributed by atoms with van der Waals surface area (Å²) in [6.45, 7) is 0.961. The number of sulfonamides is 1. The molecule has 1 aromatic rings. The van der Waals surface area contributed by atoms with Crippen LogP contribution >= 0.6 is 11.6 Å². The van der Waals surface area contributed by atoms with Crippen LogP contribution in [0.1, 0.15) is 12.8 Å². The lowest BCUT2D eigenvalue weighted by molar-refractivity contribution is 0.0984. The van der Waals surface area contributed by atoms with Gasteiger partial charge in [0.25, 0.3) is 0 Å². The molecule has 7 heteroatoms. The molecule has 0 unspecified atom stereocenters. The highest BCUT2D eigenvalue weighted by molar-refractivity contribution is 7.93. The number of rotatable bonds is 3. The van der Waals surface area contributed by atoms with Crippen LogP contribution in [-0.2, 0) is 14.8 Å². The molecule has 0 atom stereocenters. The van der Waals surface area contributed by atoms with Crippen molar-refractivity contribution in [1.29, 1.82) is 0 Å². The highest BCUT2D eigenvalue weighted by Gasteiger charge is 2.27. The zero-order chi connectivity index (χ0) is 12.3. The smallest absolute Gasteiger partial charge is 0.236 e. The molecule has 0 saturated carbocycles. The number of halogens is 1. The summed E-state index contributed by atoms with van der Waals surface area (Å²) < 4.78 is 31.6. The highest BCUT2D eigenvalue weighted by atomic mass is 35.5. The Balaban J connectivity index is 2.11. The molecule has 5 nitrogen and oxygen atoms in total. The minimum atomic E-state index is -3.40. The van der Waals surface area contributed by atoms with E-state index in [9.17, 15) is 8.42 Å². The van der Waals surface area contributed by atoms with Gasteiger partial charge in [-0.05, 0) is 18.9 Å². The van der Waals surface area contributed by atoms with Gasteiger partial charge < -0.3 is 4.74 Å². The zero-order valence-electron chi connectivity index (χ0n) is 9.10. The van der Waals surface area contributed by atoms with E-state index < -0.39 is 15.3 Å². The monoisotopic (exact) mass is 276 g/mol. The van der Waals surface area contributed by atoms with Crippen molar-refractivity contribution in [3.63, 3.8) is 0 Å². The third kappa shape index (κ3) is 3.31. The van der Waals surface area contributed by atoms with Crippen molar-refractivity contribution in [2.75, 3.05) is 17.9 Å². The van der Waals surface area contributed by atoms with E-state index in [1.165, 1.54) is 12.3 Å². The molecular formula is C10H13ClN2O3S. The van der Waals surface area contributed by atoms with Gasteiger partial charge in [-0.25, -0.2) is 13.4 Å². The first-order chi connectivity index (χ1) is 8.08. The SMILES string of the molecule is O=S(=O)(Nc1cc(Cl)ccn1)C1CCOCC1. The van der Waals surface area contributed by atoms with E-state index in [1.807, 2.05) is 0 Å². The van der Waals surface area contributed by atoms with Crippen LogP contribution in [0.5, 0.6) is 0 Å². The van der Waals surface area contributed by atoms with Gasteiger partial charge in [0.1, 0.15) is 5.82 Å². The molecule has 0 aliphatic carbocycles. The van der Waals surface area contributed by atoms with E-state index in [0.717, 1.165) is 0 Å². The summed E-state index contributed by atoms with van der Waals surface area (Å²) in [5, 5.41) is 0.0294. The fourth-order valence-electron chi connectivity index (χ4n) is 1.68. The standard InChI is InChI=1S/C10H13ClN2O3S/c11-8-1-4-12-10(7-8)13-17(14,15)9-2-5-16-6-3-9/h1,4,7,9H,2-3,5-6H2,(H,12,13). The first-order valence-corrected chi connectivity index (χ1v) is 7.21. The molecule has 0 radical (unpaired) electrons. The third-order valence-electron chi connectivity index (χ3n) is 2.58. The molecule has 0 aromatic carbocycles. The Kier molecular flexibility index (Phi) is 3.86. The first kappa shape index (κ1) is 12.6. The fourth-order valence-corrected chi connectivity index (χ4v) is 3.22. The topological polar surface area (TPSA) is 68.3 Å². The van der Waals surface area contributed by atoms with E-state index in [0.29, 0.717) is 31.1 Å². The van der Waals surface area contributed by atoms with Crippen molar-refractivity contribution in [2.24, 2.45) is 0 Å². The summed E-state index contributed by atoms with van der Waals surface area (Å²) in [6, 6.07) is 3.08. The van der Waals surface area contributed by atoms with Crippen LogP contribution in [0.2, 0.25) is 5.02 Å². The van der Waals surface area contributed by atoms with Gasteiger partial charge in [0.05, 0.1) is 5.25 Å². The van der Waals surface area contributed by atoms with Crippen LogP contribution in [0.4, 0.5) is 5.82 Å². The van der Waals surface area contributed by atoms with Crippen LogP contribution in [0, 0.1) is 0 Å². The molecule has 0 spiro atoms. The van der Waals surface area contributed by atoms with Gasteiger partial charge in [0.15, 0.2) is 0 Å². The van der Waals surface area contributed by atoms with Crippen molar-refractivity contribution in [1.82, 2.24) is 4.98 Å². The number of ether oxygens (including phenoxy) is 1. The van der Waals surface area contributed by atoms with Gasteiger partial charge >= 0.3 is 0 Å². The highest BCUT2D eigenvalue weighted by Crippen LogP contribution is 2.19. The van der Waals surface area contributed by atoms with Crippen LogP contribution in [-0.4, -0.2) is 31.9 Å². The molecule has 2 heterocycles. The molecule has 2 rings (SSSR count). The molecular weight excluding hydrogens is 264 g/mol. The lowest BCUT2D eigenvalue weighted by Crippen LogP contribution is -2.33. The number of nitrogens with zero attached hydrogens (tertiary/aromatic N) is 1.